The van der Waals surface area contributed by atoms with E-state index < -0.39 is 8.07 Å². The molecule has 0 N–H and O–H groups in total. The van der Waals surface area contributed by atoms with Crippen molar-refractivity contribution in [2.45, 2.75) is 50.2 Å². The molecule has 0 aliphatic carbocycles. The van der Waals surface area contributed by atoms with E-state index in [4.69, 9.17) is 0 Å². The molecular weight excluding hydrogens is 252 g/mol. The number of hydrogen-bond acceptors (Lipinski definition) is 1. The predicted octanol–water partition coefficient (Wildman–Crippen LogP) is 5.35. The van der Waals surface area contributed by atoms with Crippen LogP contribution in [0, 0.1) is 0 Å². The van der Waals surface area contributed by atoms with Gasteiger partial charge in [-0.3, -0.25) is 0 Å². The second kappa shape index (κ2) is 4.90. The third-order valence-corrected chi connectivity index (χ3v) is 5.74. The third-order valence-electron chi connectivity index (χ3n) is 3.49. The number of rotatable bonds is 2. The van der Waals surface area contributed by atoms with Crippen LogP contribution in [0.15, 0.2) is 28.8 Å². The van der Waals surface area contributed by atoms with Gasteiger partial charge >= 0.3 is 0 Å². The van der Waals surface area contributed by atoms with Gasteiger partial charge < -0.3 is 0 Å². The van der Waals surface area contributed by atoms with Gasteiger partial charge in [0.25, 0.3) is 0 Å². The summed E-state index contributed by atoms with van der Waals surface area (Å²) in [6, 6.07) is 6.98. The molecule has 0 saturated heterocycles. The molecule has 0 radical (unpaired) electrons. The number of benzene rings is 1. The van der Waals surface area contributed by atoms with Crippen LogP contribution in [0.3, 0.4) is 0 Å². The summed E-state index contributed by atoms with van der Waals surface area (Å²) in [5.74, 6) is 1.25. The van der Waals surface area contributed by atoms with E-state index in [-0.39, 0.29) is 0 Å². The molecule has 98 valence electrons. The highest BCUT2D eigenvalue weighted by atomic mass is 32.2. The standard InChI is InChI=1S/C16H24SSi/c1-16(2)9-10-17-15-7-6-13(12-14(15)16)8-11-18(3,4)5/h6-8,11-12H,9-10H2,1-5H3/b11-8+. The molecule has 1 aliphatic heterocycles. The molecule has 0 amide bonds. The maximum atomic E-state index is 2.43. The summed E-state index contributed by atoms with van der Waals surface area (Å²) in [6.07, 6.45) is 3.60. The Morgan fingerprint density at radius 3 is 2.61 bits per heavy atom. The van der Waals surface area contributed by atoms with Crippen molar-refractivity contribution < 1.29 is 0 Å². The van der Waals surface area contributed by atoms with Gasteiger partial charge in [-0.05, 0) is 34.8 Å². The highest BCUT2D eigenvalue weighted by molar-refractivity contribution is 7.99. The molecule has 0 fully saturated rings. The lowest BCUT2D eigenvalue weighted by atomic mass is 9.81. The molecule has 0 aromatic heterocycles. The Kier molecular flexibility index (Phi) is 3.79. The molecule has 1 heterocycles. The van der Waals surface area contributed by atoms with Crippen molar-refractivity contribution in [2.24, 2.45) is 0 Å². The number of fused-ring (bicyclic) bond motifs is 1. The van der Waals surface area contributed by atoms with Crippen molar-refractivity contribution in [3.63, 3.8) is 0 Å². The van der Waals surface area contributed by atoms with E-state index in [9.17, 15) is 0 Å². The molecule has 18 heavy (non-hydrogen) atoms. The first-order valence-electron chi connectivity index (χ1n) is 6.75. The second-order valence-electron chi connectivity index (χ2n) is 6.94. The smallest absolute Gasteiger partial charge is 0.0687 e. The molecule has 0 unspecified atom stereocenters. The van der Waals surface area contributed by atoms with Crippen LogP contribution in [0.2, 0.25) is 19.6 Å². The molecule has 1 aliphatic rings. The summed E-state index contributed by atoms with van der Waals surface area (Å²) in [6.45, 7) is 11.9. The Labute approximate surface area is 117 Å². The van der Waals surface area contributed by atoms with Gasteiger partial charge in [-0.25, -0.2) is 0 Å². The largest absolute Gasteiger partial charge is 0.126 e. The van der Waals surface area contributed by atoms with E-state index in [1.807, 2.05) is 11.8 Å². The maximum absolute atomic E-state index is 2.43. The van der Waals surface area contributed by atoms with Crippen LogP contribution in [-0.4, -0.2) is 13.8 Å². The fraction of sp³-hybridized carbons (Fsp3) is 0.500. The monoisotopic (exact) mass is 276 g/mol. The Hall–Kier alpha value is -0.473. The van der Waals surface area contributed by atoms with Crippen LogP contribution in [0.4, 0.5) is 0 Å². The zero-order chi connectivity index (χ0) is 13.4. The predicted molar refractivity (Wildman–Crippen MR) is 87.2 cm³/mol. The molecule has 0 nitrogen and oxygen atoms in total. The average Bonchev–Trinajstić information content (AvgIpc) is 2.25. The normalized spacial score (nSPS) is 18.9. The molecular formula is C16H24SSi. The van der Waals surface area contributed by atoms with Crippen molar-refractivity contribution in [1.82, 2.24) is 0 Å². The highest BCUT2D eigenvalue weighted by Crippen LogP contribution is 2.41. The molecule has 0 spiro atoms. The second-order valence-corrected chi connectivity index (χ2v) is 13.1. The minimum atomic E-state index is -1.10. The number of hydrogen-bond donors (Lipinski definition) is 0. The fourth-order valence-electron chi connectivity index (χ4n) is 2.20. The van der Waals surface area contributed by atoms with E-state index in [1.165, 1.54) is 28.2 Å². The zero-order valence-electron chi connectivity index (χ0n) is 12.2. The van der Waals surface area contributed by atoms with Crippen LogP contribution in [-0.2, 0) is 5.41 Å². The summed E-state index contributed by atoms with van der Waals surface area (Å²) in [4.78, 5) is 1.48. The molecule has 2 rings (SSSR count). The minimum Gasteiger partial charge on any atom is -0.126 e. The molecule has 2 heteroatoms. The SMILES string of the molecule is CC1(C)CCSc2ccc(/C=C/[Si](C)(C)C)cc21. The van der Waals surface area contributed by atoms with Crippen LogP contribution < -0.4 is 0 Å². The lowest BCUT2D eigenvalue weighted by molar-refractivity contribution is 0.494. The van der Waals surface area contributed by atoms with Crippen molar-refractivity contribution in [1.29, 1.82) is 0 Å². The summed E-state index contributed by atoms with van der Waals surface area (Å²) in [5, 5.41) is 0. The maximum Gasteiger partial charge on any atom is 0.0687 e. The molecule has 0 saturated carbocycles. The van der Waals surface area contributed by atoms with Gasteiger partial charge in [-0.2, -0.15) is 0 Å². The van der Waals surface area contributed by atoms with Crippen LogP contribution in [0.5, 0.6) is 0 Å². The molecule has 0 bridgehead atoms. The Morgan fingerprint density at radius 1 is 1.22 bits per heavy atom. The van der Waals surface area contributed by atoms with Crippen LogP contribution in [0.1, 0.15) is 31.4 Å². The lowest BCUT2D eigenvalue weighted by Gasteiger charge is -2.32. The summed E-state index contributed by atoms with van der Waals surface area (Å²) in [7, 11) is -1.10. The Morgan fingerprint density at radius 2 is 1.94 bits per heavy atom. The summed E-state index contributed by atoms with van der Waals surface area (Å²) < 4.78 is 0. The molecule has 1 aromatic carbocycles. The Bertz CT molecular complexity index is 466. The van der Waals surface area contributed by atoms with Crippen LogP contribution >= 0.6 is 11.8 Å². The van der Waals surface area contributed by atoms with Crippen molar-refractivity contribution in [3.8, 4) is 0 Å². The first kappa shape index (κ1) is 13.9. The van der Waals surface area contributed by atoms with Crippen LogP contribution in [0.25, 0.3) is 6.08 Å². The van der Waals surface area contributed by atoms with E-state index in [2.05, 4.69) is 63.5 Å². The average molecular weight is 277 g/mol. The van der Waals surface area contributed by atoms with E-state index >= 15 is 0 Å². The number of thioether (sulfide) groups is 1. The first-order valence-corrected chi connectivity index (χ1v) is 11.3. The van der Waals surface area contributed by atoms with E-state index in [1.54, 1.807) is 0 Å². The quantitative estimate of drug-likeness (QED) is 0.656. The van der Waals surface area contributed by atoms with E-state index in [0.29, 0.717) is 5.41 Å². The summed E-state index contributed by atoms with van der Waals surface area (Å²) in [5.41, 5.74) is 5.67. The molecule has 0 atom stereocenters. The third kappa shape index (κ3) is 3.30. The lowest BCUT2D eigenvalue weighted by Crippen LogP contribution is -2.22. The van der Waals surface area contributed by atoms with Gasteiger partial charge in [0.1, 0.15) is 0 Å². The van der Waals surface area contributed by atoms with Crippen molar-refractivity contribution in [2.75, 3.05) is 5.75 Å². The van der Waals surface area contributed by atoms with Crippen molar-refractivity contribution in [3.05, 3.63) is 35.0 Å². The zero-order valence-corrected chi connectivity index (χ0v) is 14.0. The first-order chi connectivity index (χ1) is 8.28. The highest BCUT2D eigenvalue weighted by Gasteiger charge is 2.27. The van der Waals surface area contributed by atoms with Gasteiger partial charge in [0, 0.05) is 4.90 Å². The summed E-state index contributed by atoms with van der Waals surface area (Å²) >= 11 is 2.01. The van der Waals surface area contributed by atoms with Gasteiger partial charge in [0.05, 0.1) is 8.07 Å². The van der Waals surface area contributed by atoms with Gasteiger partial charge in [-0.15, -0.1) is 11.8 Å². The minimum absolute atomic E-state index is 0.337. The topological polar surface area (TPSA) is 0 Å². The fourth-order valence-corrected chi connectivity index (χ4v) is 4.38. The molecule has 1 aromatic rings. The van der Waals surface area contributed by atoms with E-state index in [0.717, 1.165) is 0 Å². The Balaban J connectivity index is 2.34. The van der Waals surface area contributed by atoms with Crippen molar-refractivity contribution >= 4 is 25.9 Å². The van der Waals surface area contributed by atoms with Gasteiger partial charge in [0.15, 0.2) is 0 Å². The van der Waals surface area contributed by atoms with Gasteiger partial charge in [0.2, 0.25) is 0 Å². The van der Waals surface area contributed by atoms with Gasteiger partial charge in [-0.1, -0.05) is 57.4 Å².